The van der Waals surface area contributed by atoms with Crippen LogP contribution in [-0.2, 0) is 0 Å². The van der Waals surface area contributed by atoms with E-state index in [1.54, 1.807) is 13.3 Å². The number of hydrogen-bond donors (Lipinski definition) is 0. The van der Waals surface area contributed by atoms with Gasteiger partial charge in [-0.1, -0.05) is 18.2 Å². The summed E-state index contributed by atoms with van der Waals surface area (Å²) in [5.41, 5.74) is 0. The minimum Gasteiger partial charge on any atom is -0.481 e. The quantitative estimate of drug-likeness (QED) is 0.633. The lowest BCUT2D eigenvalue weighted by Gasteiger charge is -2.01. The maximum absolute atomic E-state index is 5.09. The highest BCUT2D eigenvalue weighted by Gasteiger charge is 1.99. The van der Waals surface area contributed by atoms with E-state index in [-0.39, 0.29) is 0 Å². The van der Waals surface area contributed by atoms with Crippen molar-refractivity contribution in [3.8, 4) is 5.88 Å². The van der Waals surface area contributed by atoms with E-state index in [4.69, 9.17) is 4.74 Å². The first-order valence-electron chi connectivity index (χ1n) is 3.71. The Labute approximate surface area is 70.8 Å². The average Bonchev–Trinajstić information content (AvgIpc) is 2.17. The van der Waals surface area contributed by atoms with Crippen LogP contribution in [0.4, 0.5) is 0 Å². The predicted molar refractivity (Wildman–Crippen MR) is 47.1 cm³/mol. The van der Waals surface area contributed by atoms with Crippen molar-refractivity contribution >= 4 is 10.8 Å². The van der Waals surface area contributed by atoms with E-state index in [9.17, 15) is 0 Å². The third-order valence-corrected chi connectivity index (χ3v) is 1.74. The molecule has 0 aliphatic heterocycles. The summed E-state index contributed by atoms with van der Waals surface area (Å²) >= 11 is 0. The molecule has 0 spiro atoms. The fourth-order valence-corrected chi connectivity index (χ4v) is 1.18. The van der Waals surface area contributed by atoms with E-state index < -0.39 is 0 Å². The van der Waals surface area contributed by atoms with Crippen molar-refractivity contribution in [2.45, 2.75) is 0 Å². The number of hydrogen-bond acceptors (Lipinski definition) is 2. The summed E-state index contributed by atoms with van der Waals surface area (Å²) in [6.45, 7) is 0. The third-order valence-electron chi connectivity index (χ3n) is 1.74. The highest BCUT2D eigenvalue weighted by Crippen LogP contribution is 2.20. The molecule has 12 heavy (non-hydrogen) atoms. The van der Waals surface area contributed by atoms with E-state index in [1.807, 2.05) is 24.3 Å². The van der Waals surface area contributed by atoms with Gasteiger partial charge in [-0.2, -0.15) is 0 Å². The topological polar surface area (TPSA) is 22.1 Å². The fraction of sp³-hybridized carbons (Fsp3) is 0.100. The van der Waals surface area contributed by atoms with Crippen LogP contribution in [0.3, 0.4) is 0 Å². The summed E-state index contributed by atoms with van der Waals surface area (Å²) in [5, 5.41) is 2.03. The normalized spacial score (nSPS) is 10.1. The Bertz CT molecular complexity index is 392. The van der Waals surface area contributed by atoms with E-state index in [0.29, 0.717) is 5.88 Å². The summed E-state index contributed by atoms with van der Waals surface area (Å²) in [4.78, 5) is 4.07. The van der Waals surface area contributed by atoms with E-state index in [0.717, 1.165) is 10.8 Å². The molecule has 0 N–H and O–H groups in total. The van der Waals surface area contributed by atoms with Crippen LogP contribution in [0.25, 0.3) is 10.8 Å². The molecular formula is C10H8NO. The number of nitrogens with zero attached hydrogens (tertiary/aromatic N) is 1. The van der Waals surface area contributed by atoms with Crippen LogP contribution in [0.15, 0.2) is 30.5 Å². The number of methoxy groups -OCH3 is 1. The second-order valence-electron chi connectivity index (χ2n) is 2.45. The van der Waals surface area contributed by atoms with Crippen LogP contribution >= 0.6 is 0 Å². The molecular weight excluding hydrogens is 150 g/mol. The summed E-state index contributed by atoms with van der Waals surface area (Å²) < 4.78 is 5.09. The number of ether oxygens (including phenoxy) is 1. The van der Waals surface area contributed by atoms with Gasteiger partial charge in [0.1, 0.15) is 0 Å². The van der Waals surface area contributed by atoms with E-state index in [1.165, 1.54) is 0 Å². The summed E-state index contributed by atoms with van der Waals surface area (Å²) in [5.74, 6) is 0.633. The lowest BCUT2D eigenvalue weighted by atomic mass is 10.2. The molecule has 0 saturated heterocycles. The standard InChI is InChI=1S/C10H8NO/c1-12-10-9-5-3-2-4-8(9)6-7-11-10/h2-4,6-7H,1H3. The molecule has 1 aromatic heterocycles. The minimum absolute atomic E-state index is 0.633. The number of pyridine rings is 1. The van der Waals surface area contributed by atoms with Gasteiger partial charge >= 0.3 is 0 Å². The van der Waals surface area contributed by atoms with Crippen molar-refractivity contribution in [1.29, 1.82) is 0 Å². The van der Waals surface area contributed by atoms with Gasteiger partial charge in [-0.05, 0) is 17.5 Å². The Kier molecular flexibility index (Phi) is 1.67. The van der Waals surface area contributed by atoms with E-state index >= 15 is 0 Å². The summed E-state index contributed by atoms with van der Waals surface area (Å²) in [7, 11) is 1.61. The molecule has 0 aliphatic rings. The number of aromatic nitrogens is 1. The third kappa shape index (κ3) is 1.01. The first kappa shape index (κ1) is 7.10. The van der Waals surface area contributed by atoms with Crippen LogP contribution in [0, 0.1) is 6.07 Å². The molecule has 0 bridgehead atoms. The SMILES string of the molecule is COc1nccc2ccc[c]c12. The maximum atomic E-state index is 5.09. The molecule has 0 amide bonds. The highest BCUT2D eigenvalue weighted by atomic mass is 16.5. The molecule has 2 nitrogen and oxygen atoms in total. The first-order valence-corrected chi connectivity index (χ1v) is 3.71. The van der Waals surface area contributed by atoms with Gasteiger partial charge in [0.2, 0.25) is 5.88 Å². The van der Waals surface area contributed by atoms with Gasteiger partial charge in [0, 0.05) is 6.20 Å². The van der Waals surface area contributed by atoms with Gasteiger partial charge in [-0.25, -0.2) is 4.98 Å². The van der Waals surface area contributed by atoms with Gasteiger partial charge in [-0.3, -0.25) is 0 Å². The van der Waals surface area contributed by atoms with Crippen molar-refractivity contribution in [2.24, 2.45) is 0 Å². The number of benzene rings is 1. The molecule has 0 fully saturated rings. The molecule has 59 valence electrons. The molecule has 1 heterocycles. The van der Waals surface area contributed by atoms with Crippen LogP contribution < -0.4 is 4.74 Å². The van der Waals surface area contributed by atoms with Gasteiger partial charge in [0.25, 0.3) is 0 Å². The van der Waals surface area contributed by atoms with E-state index in [2.05, 4.69) is 11.1 Å². The first-order chi connectivity index (χ1) is 5.92. The minimum atomic E-state index is 0.633. The van der Waals surface area contributed by atoms with Gasteiger partial charge in [-0.15, -0.1) is 0 Å². The van der Waals surface area contributed by atoms with Crippen molar-refractivity contribution in [2.75, 3.05) is 7.11 Å². The van der Waals surface area contributed by atoms with Crippen molar-refractivity contribution in [1.82, 2.24) is 4.98 Å². The Morgan fingerprint density at radius 2 is 2.33 bits per heavy atom. The average molecular weight is 158 g/mol. The smallest absolute Gasteiger partial charge is 0.221 e. The summed E-state index contributed by atoms with van der Waals surface area (Å²) in [6.07, 6.45) is 1.73. The highest BCUT2D eigenvalue weighted by molar-refractivity contribution is 5.85. The van der Waals surface area contributed by atoms with Crippen LogP contribution in [0.5, 0.6) is 5.88 Å². The second kappa shape index (κ2) is 2.81. The fourth-order valence-electron chi connectivity index (χ4n) is 1.18. The Balaban J connectivity index is 2.79. The lowest BCUT2D eigenvalue weighted by Crippen LogP contribution is -1.87. The Hall–Kier alpha value is -1.57. The van der Waals surface area contributed by atoms with Crippen LogP contribution in [0.2, 0.25) is 0 Å². The number of fused-ring (bicyclic) bond motifs is 1. The van der Waals surface area contributed by atoms with Gasteiger partial charge < -0.3 is 4.74 Å². The molecule has 1 radical (unpaired) electrons. The predicted octanol–water partition coefficient (Wildman–Crippen LogP) is 2.04. The number of rotatable bonds is 1. The zero-order valence-corrected chi connectivity index (χ0v) is 6.74. The van der Waals surface area contributed by atoms with Crippen molar-refractivity contribution < 1.29 is 4.74 Å². The summed E-state index contributed by atoms with van der Waals surface area (Å²) in [6, 6.07) is 10.8. The largest absolute Gasteiger partial charge is 0.481 e. The molecule has 1 aromatic carbocycles. The molecule has 0 atom stereocenters. The molecule has 0 aliphatic carbocycles. The molecule has 2 rings (SSSR count). The maximum Gasteiger partial charge on any atom is 0.221 e. The molecule has 2 heteroatoms. The molecule has 0 unspecified atom stereocenters. The van der Waals surface area contributed by atoms with Crippen molar-refractivity contribution in [3.63, 3.8) is 0 Å². The van der Waals surface area contributed by atoms with Gasteiger partial charge in [0.15, 0.2) is 0 Å². The van der Waals surface area contributed by atoms with Crippen LogP contribution in [-0.4, -0.2) is 12.1 Å². The van der Waals surface area contributed by atoms with Crippen molar-refractivity contribution in [3.05, 3.63) is 36.5 Å². The van der Waals surface area contributed by atoms with Gasteiger partial charge in [0.05, 0.1) is 12.5 Å². The second-order valence-corrected chi connectivity index (χ2v) is 2.45. The zero-order valence-electron chi connectivity index (χ0n) is 6.74. The molecule has 0 saturated carbocycles. The van der Waals surface area contributed by atoms with Crippen LogP contribution in [0.1, 0.15) is 0 Å². The monoisotopic (exact) mass is 158 g/mol. The zero-order chi connectivity index (χ0) is 8.39. The molecule has 2 aromatic rings. The Morgan fingerprint density at radius 3 is 3.17 bits per heavy atom. The lowest BCUT2D eigenvalue weighted by molar-refractivity contribution is 0.403. The Morgan fingerprint density at radius 1 is 1.42 bits per heavy atom.